The van der Waals surface area contributed by atoms with Crippen molar-refractivity contribution in [3.8, 4) is 0 Å². The van der Waals surface area contributed by atoms with Crippen LogP contribution in [0.1, 0.15) is 20.8 Å². The van der Waals surface area contributed by atoms with Gasteiger partial charge in [0.2, 0.25) is 0 Å². The number of rotatable bonds is 3. The van der Waals surface area contributed by atoms with Crippen LogP contribution in [0.4, 0.5) is 4.79 Å². The van der Waals surface area contributed by atoms with E-state index >= 15 is 0 Å². The molecule has 7 heteroatoms. The number of esters is 1. The average molecular weight is 274 g/mol. The van der Waals surface area contributed by atoms with Crippen LogP contribution >= 0.6 is 0 Å². The smallest absolute Gasteiger partial charge is 0.407 e. The van der Waals surface area contributed by atoms with Gasteiger partial charge in [0, 0.05) is 12.6 Å². The van der Waals surface area contributed by atoms with Gasteiger partial charge in [0.15, 0.2) is 0 Å². The van der Waals surface area contributed by atoms with E-state index in [1.54, 1.807) is 20.8 Å². The Morgan fingerprint density at radius 1 is 1.37 bits per heavy atom. The third kappa shape index (κ3) is 5.89. The van der Waals surface area contributed by atoms with Crippen molar-refractivity contribution in [1.82, 2.24) is 10.6 Å². The second-order valence-corrected chi connectivity index (χ2v) is 5.36. The topological polar surface area (TPSA) is 85.9 Å². The summed E-state index contributed by atoms with van der Waals surface area (Å²) in [5.41, 5.74) is -0.533. The van der Waals surface area contributed by atoms with Crippen LogP contribution in [0.5, 0.6) is 0 Å². The van der Waals surface area contributed by atoms with Crippen LogP contribution in [0.3, 0.4) is 0 Å². The van der Waals surface area contributed by atoms with Gasteiger partial charge in [0.25, 0.3) is 0 Å². The minimum atomic E-state index is -0.533. The third-order valence-corrected chi connectivity index (χ3v) is 2.42. The number of amides is 1. The van der Waals surface area contributed by atoms with E-state index in [9.17, 15) is 9.59 Å². The third-order valence-electron chi connectivity index (χ3n) is 2.42. The van der Waals surface area contributed by atoms with Gasteiger partial charge in [-0.2, -0.15) is 0 Å². The summed E-state index contributed by atoms with van der Waals surface area (Å²) in [7, 11) is 1.33. The quantitative estimate of drug-likeness (QED) is 0.707. The summed E-state index contributed by atoms with van der Waals surface area (Å²) in [6, 6.07) is -0.644. The van der Waals surface area contributed by atoms with Gasteiger partial charge in [-0.15, -0.1) is 0 Å². The molecular formula is C12H22N2O5. The number of carbonyl (C=O) groups is 2. The number of alkyl carbamates (subject to hydrolysis) is 1. The number of hydrogen-bond donors (Lipinski definition) is 2. The van der Waals surface area contributed by atoms with Crippen LogP contribution in [-0.2, 0) is 19.0 Å². The van der Waals surface area contributed by atoms with E-state index in [-0.39, 0.29) is 18.6 Å². The van der Waals surface area contributed by atoms with Gasteiger partial charge in [-0.25, -0.2) is 4.79 Å². The molecule has 0 radical (unpaired) electrons. The lowest BCUT2D eigenvalue weighted by Crippen LogP contribution is -2.56. The van der Waals surface area contributed by atoms with E-state index < -0.39 is 17.7 Å². The Bertz CT molecular complexity index is 327. The van der Waals surface area contributed by atoms with Crippen LogP contribution in [0.25, 0.3) is 0 Å². The van der Waals surface area contributed by atoms with Crippen molar-refractivity contribution in [2.24, 2.45) is 0 Å². The van der Waals surface area contributed by atoms with Crippen LogP contribution in [0.15, 0.2) is 0 Å². The molecule has 1 aliphatic rings. The van der Waals surface area contributed by atoms with Gasteiger partial charge in [-0.1, -0.05) is 0 Å². The Kier molecular flexibility index (Phi) is 5.56. The molecule has 0 aliphatic carbocycles. The molecule has 1 amide bonds. The van der Waals surface area contributed by atoms with E-state index in [1.807, 2.05) is 0 Å². The first-order valence-corrected chi connectivity index (χ1v) is 6.20. The summed E-state index contributed by atoms with van der Waals surface area (Å²) in [4.78, 5) is 22.8. The number of carbonyl (C=O) groups excluding carboxylic acids is 2. The van der Waals surface area contributed by atoms with Gasteiger partial charge in [0.1, 0.15) is 11.6 Å². The first kappa shape index (κ1) is 15.7. The molecule has 2 unspecified atom stereocenters. The highest BCUT2D eigenvalue weighted by atomic mass is 16.6. The predicted molar refractivity (Wildman–Crippen MR) is 67.8 cm³/mol. The fourth-order valence-corrected chi connectivity index (χ4v) is 1.63. The number of hydrogen-bond acceptors (Lipinski definition) is 6. The zero-order chi connectivity index (χ0) is 14.5. The highest BCUT2D eigenvalue weighted by Gasteiger charge is 2.28. The molecule has 2 N–H and O–H groups in total. The molecule has 1 fully saturated rings. The SMILES string of the molecule is COC(=O)C1COCC(CNC(=O)OC(C)(C)C)N1. The second-order valence-electron chi connectivity index (χ2n) is 5.36. The molecule has 110 valence electrons. The second kappa shape index (κ2) is 6.72. The molecule has 1 rings (SSSR count). The minimum Gasteiger partial charge on any atom is -0.468 e. The molecule has 0 saturated carbocycles. The molecule has 0 aromatic carbocycles. The van der Waals surface area contributed by atoms with Crippen LogP contribution in [-0.4, -0.2) is 56.6 Å². The van der Waals surface area contributed by atoms with Crippen molar-refractivity contribution in [2.45, 2.75) is 38.5 Å². The summed E-state index contributed by atoms with van der Waals surface area (Å²) >= 11 is 0. The van der Waals surface area contributed by atoms with Gasteiger partial charge >= 0.3 is 12.1 Å². The van der Waals surface area contributed by atoms with E-state index in [4.69, 9.17) is 9.47 Å². The van der Waals surface area contributed by atoms with Crippen molar-refractivity contribution in [2.75, 3.05) is 26.9 Å². The average Bonchev–Trinajstić information content (AvgIpc) is 2.34. The Labute approximate surface area is 113 Å². The zero-order valence-corrected chi connectivity index (χ0v) is 11.8. The van der Waals surface area contributed by atoms with E-state index in [0.29, 0.717) is 13.2 Å². The lowest BCUT2D eigenvalue weighted by atomic mass is 10.2. The number of methoxy groups -OCH3 is 1. The zero-order valence-electron chi connectivity index (χ0n) is 11.8. The summed E-state index contributed by atoms with van der Waals surface area (Å²) in [6.07, 6.45) is -0.491. The summed E-state index contributed by atoms with van der Waals surface area (Å²) in [5, 5.41) is 5.68. The van der Waals surface area contributed by atoms with Crippen LogP contribution in [0.2, 0.25) is 0 Å². The van der Waals surface area contributed by atoms with Crippen molar-refractivity contribution >= 4 is 12.1 Å². The largest absolute Gasteiger partial charge is 0.468 e. The molecule has 2 atom stereocenters. The molecule has 1 saturated heterocycles. The Hall–Kier alpha value is -1.34. The Morgan fingerprint density at radius 3 is 2.63 bits per heavy atom. The molecule has 7 nitrogen and oxygen atoms in total. The lowest BCUT2D eigenvalue weighted by molar-refractivity contribution is -0.147. The van der Waals surface area contributed by atoms with Crippen LogP contribution < -0.4 is 10.6 Å². The molecule has 0 spiro atoms. The predicted octanol–water partition coefficient (Wildman–Crippen LogP) is 0.0411. The van der Waals surface area contributed by atoms with Crippen molar-refractivity contribution in [1.29, 1.82) is 0 Å². The van der Waals surface area contributed by atoms with E-state index in [0.717, 1.165) is 0 Å². The van der Waals surface area contributed by atoms with Crippen molar-refractivity contribution in [3.63, 3.8) is 0 Å². The number of morpholine rings is 1. The summed E-state index contributed by atoms with van der Waals surface area (Å²) in [6.45, 7) is 6.40. The maximum absolute atomic E-state index is 11.5. The highest BCUT2D eigenvalue weighted by Crippen LogP contribution is 2.06. The Balaban J connectivity index is 2.33. The van der Waals surface area contributed by atoms with Crippen molar-refractivity contribution < 1.29 is 23.8 Å². The van der Waals surface area contributed by atoms with Gasteiger partial charge in [0.05, 0.1) is 20.3 Å². The summed E-state index contributed by atoms with van der Waals surface area (Å²) < 4.78 is 15.0. The molecule has 0 bridgehead atoms. The van der Waals surface area contributed by atoms with Crippen LogP contribution in [0, 0.1) is 0 Å². The molecular weight excluding hydrogens is 252 g/mol. The molecule has 19 heavy (non-hydrogen) atoms. The Morgan fingerprint density at radius 2 is 2.05 bits per heavy atom. The minimum absolute atomic E-state index is 0.148. The highest BCUT2D eigenvalue weighted by molar-refractivity contribution is 5.76. The maximum Gasteiger partial charge on any atom is 0.407 e. The molecule has 0 aromatic heterocycles. The molecule has 1 aliphatic heterocycles. The number of ether oxygens (including phenoxy) is 3. The molecule has 0 aromatic rings. The van der Waals surface area contributed by atoms with Crippen molar-refractivity contribution in [3.05, 3.63) is 0 Å². The van der Waals surface area contributed by atoms with Gasteiger partial charge in [-0.05, 0) is 20.8 Å². The van der Waals surface area contributed by atoms with Gasteiger partial charge in [-0.3, -0.25) is 10.1 Å². The fourth-order valence-electron chi connectivity index (χ4n) is 1.63. The standard InChI is InChI=1S/C12H22N2O5/c1-12(2,3)19-11(16)13-5-8-6-18-7-9(14-8)10(15)17-4/h8-9,14H,5-7H2,1-4H3,(H,13,16). The first-order valence-electron chi connectivity index (χ1n) is 6.20. The molecule has 1 heterocycles. The fraction of sp³-hybridized carbons (Fsp3) is 0.833. The summed E-state index contributed by atoms with van der Waals surface area (Å²) in [5.74, 6) is -0.373. The maximum atomic E-state index is 11.5. The normalized spacial score (nSPS) is 23.6. The lowest BCUT2D eigenvalue weighted by Gasteiger charge is -2.29. The number of nitrogens with one attached hydrogen (secondary N) is 2. The first-order chi connectivity index (χ1) is 8.81. The van der Waals surface area contributed by atoms with E-state index in [2.05, 4.69) is 15.4 Å². The van der Waals surface area contributed by atoms with Gasteiger partial charge < -0.3 is 19.5 Å². The monoisotopic (exact) mass is 274 g/mol. The van der Waals surface area contributed by atoms with E-state index in [1.165, 1.54) is 7.11 Å².